The highest BCUT2D eigenvalue weighted by Crippen LogP contribution is 2.17. The number of carbonyl (C=O) groups excluding carboxylic acids is 2. The number of benzene rings is 1. The number of amides is 1. The van der Waals surface area contributed by atoms with E-state index in [2.05, 4.69) is 10.2 Å². The predicted molar refractivity (Wildman–Crippen MR) is 90.5 cm³/mol. The number of rotatable bonds is 5. The molecule has 1 saturated heterocycles. The van der Waals surface area contributed by atoms with E-state index in [4.69, 9.17) is 5.73 Å². The van der Waals surface area contributed by atoms with Crippen molar-refractivity contribution in [2.45, 2.75) is 19.8 Å². The minimum Gasteiger partial charge on any atom is -0.330 e. The van der Waals surface area contributed by atoms with Gasteiger partial charge in [-0.15, -0.1) is 12.4 Å². The Bertz CT molecular complexity index is 514. The fourth-order valence-corrected chi connectivity index (χ4v) is 2.67. The molecule has 0 spiro atoms. The van der Waals surface area contributed by atoms with Gasteiger partial charge in [0.1, 0.15) is 0 Å². The normalized spacial score (nSPS) is 15.9. The Kier molecular flexibility index (Phi) is 7.51. The minimum absolute atomic E-state index is 0. The largest absolute Gasteiger partial charge is 0.330 e. The van der Waals surface area contributed by atoms with Gasteiger partial charge in [0.15, 0.2) is 5.78 Å². The Hall–Kier alpha value is -1.43. The number of nitrogens with zero attached hydrogens (tertiary/aromatic N) is 1. The summed E-state index contributed by atoms with van der Waals surface area (Å²) < 4.78 is 0. The van der Waals surface area contributed by atoms with Crippen molar-refractivity contribution in [1.29, 1.82) is 0 Å². The molecule has 0 unspecified atom stereocenters. The summed E-state index contributed by atoms with van der Waals surface area (Å²) in [6.07, 6.45) is 2.10. The highest BCUT2D eigenvalue weighted by atomic mass is 35.5. The number of hydrogen-bond donors (Lipinski definition) is 2. The highest BCUT2D eigenvalue weighted by molar-refractivity contribution is 6.04. The third kappa shape index (κ3) is 5.09. The Labute approximate surface area is 137 Å². The molecular formula is C16H24ClN3O2. The van der Waals surface area contributed by atoms with Gasteiger partial charge in [-0.3, -0.25) is 14.5 Å². The summed E-state index contributed by atoms with van der Waals surface area (Å²) in [6, 6.07) is 7.10. The molecule has 1 aromatic rings. The molecule has 122 valence electrons. The van der Waals surface area contributed by atoms with E-state index in [0.29, 0.717) is 23.7 Å². The summed E-state index contributed by atoms with van der Waals surface area (Å²) in [7, 11) is 0. The summed E-state index contributed by atoms with van der Waals surface area (Å²) in [5.41, 5.74) is 6.81. The van der Waals surface area contributed by atoms with Crippen molar-refractivity contribution in [3.63, 3.8) is 0 Å². The van der Waals surface area contributed by atoms with Gasteiger partial charge in [-0.1, -0.05) is 12.1 Å². The lowest BCUT2D eigenvalue weighted by Gasteiger charge is -2.30. The second kappa shape index (κ2) is 8.88. The van der Waals surface area contributed by atoms with Crippen molar-refractivity contribution in [1.82, 2.24) is 4.90 Å². The van der Waals surface area contributed by atoms with Crippen LogP contribution in [0.2, 0.25) is 0 Å². The molecule has 1 fully saturated rings. The van der Waals surface area contributed by atoms with Gasteiger partial charge in [-0.05, 0) is 57.5 Å². The van der Waals surface area contributed by atoms with Crippen molar-refractivity contribution in [3.8, 4) is 0 Å². The lowest BCUT2D eigenvalue weighted by molar-refractivity contribution is -0.117. The molecule has 1 amide bonds. The zero-order valence-corrected chi connectivity index (χ0v) is 13.7. The van der Waals surface area contributed by atoms with Gasteiger partial charge in [0, 0.05) is 5.56 Å². The second-order valence-corrected chi connectivity index (χ2v) is 5.61. The quantitative estimate of drug-likeness (QED) is 0.811. The predicted octanol–water partition coefficient (Wildman–Crippen LogP) is 1.92. The Morgan fingerprint density at radius 2 is 1.91 bits per heavy atom. The van der Waals surface area contributed by atoms with Gasteiger partial charge in [0.2, 0.25) is 5.91 Å². The number of para-hydroxylation sites is 1. The first-order valence-corrected chi connectivity index (χ1v) is 7.42. The number of nitrogens with one attached hydrogen (secondary N) is 1. The third-order valence-electron chi connectivity index (χ3n) is 3.99. The Balaban J connectivity index is 0.00000242. The molecule has 1 aromatic carbocycles. The van der Waals surface area contributed by atoms with E-state index in [1.807, 2.05) is 6.07 Å². The van der Waals surface area contributed by atoms with Gasteiger partial charge >= 0.3 is 0 Å². The molecule has 2 rings (SSSR count). The lowest BCUT2D eigenvalue weighted by atomic mass is 9.97. The first-order chi connectivity index (χ1) is 10.1. The molecule has 0 atom stereocenters. The van der Waals surface area contributed by atoms with Crippen molar-refractivity contribution < 1.29 is 9.59 Å². The Morgan fingerprint density at radius 1 is 1.27 bits per heavy atom. The maximum absolute atomic E-state index is 12.1. The number of anilines is 1. The Morgan fingerprint density at radius 3 is 2.50 bits per heavy atom. The number of nitrogens with two attached hydrogens (primary N) is 1. The average molecular weight is 326 g/mol. The molecule has 1 heterocycles. The van der Waals surface area contributed by atoms with Crippen LogP contribution in [0.5, 0.6) is 0 Å². The van der Waals surface area contributed by atoms with Crippen molar-refractivity contribution in [2.75, 3.05) is 31.5 Å². The number of Topliss-reactive ketones (excluding diaryl/α,β-unsaturated/α-hetero) is 1. The number of ketones is 1. The number of likely N-dealkylation sites (tertiary alicyclic amines) is 1. The number of carbonyl (C=O) groups is 2. The SMILES string of the molecule is CC(=O)c1ccccc1NC(=O)CN1CCC(CN)CC1.Cl. The van der Waals surface area contributed by atoms with Crippen LogP contribution in [0.3, 0.4) is 0 Å². The second-order valence-electron chi connectivity index (χ2n) is 5.61. The van der Waals surface area contributed by atoms with Gasteiger partial charge in [-0.25, -0.2) is 0 Å². The summed E-state index contributed by atoms with van der Waals surface area (Å²) in [6.45, 7) is 4.41. The van der Waals surface area contributed by atoms with Crippen LogP contribution in [0.15, 0.2) is 24.3 Å². The first-order valence-electron chi connectivity index (χ1n) is 7.42. The fraction of sp³-hybridized carbons (Fsp3) is 0.500. The van der Waals surface area contributed by atoms with Crippen LogP contribution in [0.4, 0.5) is 5.69 Å². The van der Waals surface area contributed by atoms with E-state index in [9.17, 15) is 9.59 Å². The van der Waals surface area contributed by atoms with Crippen LogP contribution in [-0.4, -0.2) is 42.8 Å². The van der Waals surface area contributed by atoms with Crippen LogP contribution in [0.1, 0.15) is 30.1 Å². The van der Waals surface area contributed by atoms with Crippen LogP contribution in [0, 0.1) is 5.92 Å². The molecule has 3 N–H and O–H groups in total. The summed E-state index contributed by atoms with van der Waals surface area (Å²) >= 11 is 0. The number of piperidine rings is 1. The van der Waals surface area contributed by atoms with Gasteiger partial charge < -0.3 is 11.1 Å². The summed E-state index contributed by atoms with van der Waals surface area (Å²) in [5, 5.41) is 2.84. The molecule has 0 bridgehead atoms. The van der Waals surface area contributed by atoms with Gasteiger partial charge in [0.25, 0.3) is 0 Å². The molecule has 5 nitrogen and oxygen atoms in total. The third-order valence-corrected chi connectivity index (χ3v) is 3.99. The molecule has 1 aliphatic heterocycles. The van der Waals surface area contributed by atoms with E-state index >= 15 is 0 Å². The summed E-state index contributed by atoms with van der Waals surface area (Å²) in [5.74, 6) is 0.465. The van der Waals surface area contributed by atoms with Crippen molar-refractivity contribution >= 4 is 29.8 Å². The molecule has 22 heavy (non-hydrogen) atoms. The topological polar surface area (TPSA) is 75.4 Å². The standard InChI is InChI=1S/C16H23N3O2.ClH/c1-12(20)14-4-2-3-5-15(14)18-16(21)11-19-8-6-13(10-17)7-9-19;/h2-5,13H,6-11,17H2,1H3,(H,18,21);1H. The minimum atomic E-state index is -0.0742. The zero-order valence-electron chi connectivity index (χ0n) is 12.9. The molecular weight excluding hydrogens is 302 g/mol. The highest BCUT2D eigenvalue weighted by Gasteiger charge is 2.20. The van der Waals surface area contributed by atoms with Crippen LogP contribution >= 0.6 is 12.4 Å². The molecule has 0 radical (unpaired) electrons. The number of hydrogen-bond acceptors (Lipinski definition) is 4. The maximum atomic E-state index is 12.1. The van der Waals surface area contributed by atoms with E-state index in [0.717, 1.165) is 32.5 Å². The molecule has 1 aliphatic rings. The van der Waals surface area contributed by atoms with Crippen LogP contribution in [0.25, 0.3) is 0 Å². The lowest BCUT2D eigenvalue weighted by Crippen LogP contribution is -2.40. The van der Waals surface area contributed by atoms with E-state index in [-0.39, 0.29) is 24.1 Å². The smallest absolute Gasteiger partial charge is 0.238 e. The van der Waals surface area contributed by atoms with Crippen LogP contribution in [-0.2, 0) is 4.79 Å². The van der Waals surface area contributed by atoms with Crippen molar-refractivity contribution in [3.05, 3.63) is 29.8 Å². The van der Waals surface area contributed by atoms with E-state index in [1.165, 1.54) is 6.92 Å². The molecule has 0 aliphatic carbocycles. The first kappa shape index (κ1) is 18.6. The van der Waals surface area contributed by atoms with Crippen molar-refractivity contribution in [2.24, 2.45) is 11.7 Å². The van der Waals surface area contributed by atoms with Crippen LogP contribution < -0.4 is 11.1 Å². The van der Waals surface area contributed by atoms with E-state index < -0.39 is 0 Å². The van der Waals surface area contributed by atoms with E-state index in [1.54, 1.807) is 18.2 Å². The molecule has 0 saturated carbocycles. The van der Waals surface area contributed by atoms with Gasteiger partial charge in [-0.2, -0.15) is 0 Å². The molecule has 0 aromatic heterocycles. The average Bonchev–Trinajstić information content (AvgIpc) is 2.48. The maximum Gasteiger partial charge on any atom is 0.238 e. The van der Waals surface area contributed by atoms with Gasteiger partial charge in [0.05, 0.1) is 12.2 Å². The monoisotopic (exact) mass is 325 g/mol. The number of halogens is 1. The molecule has 6 heteroatoms. The summed E-state index contributed by atoms with van der Waals surface area (Å²) in [4.78, 5) is 25.8. The fourth-order valence-electron chi connectivity index (χ4n) is 2.67. The zero-order chi connectivity index (χ0) is 15.2.